The molecule has 2 aromatic carbocycles. The largest absolute Gasteiger partial charge is 0.483 e. The normalized spacial score (nSPS) is 14.8. The van der Waals surface area contributed by atoms with Crippen LogP contribution in [0.1, 0.15) is 59.7 Å². The molecule has 3 aromatic rings. The number of hydrogen-bond donors (Lipinski definition) is 3. The summed E-state index contributed by atoms with van der Waals surface area (Å²) < 4.78 is 13.2. The fraction of sp³-hybridized carbons (Fsp3) is 0.258. The minimum Gasteiger partial charge on any atom is -0.483 e. The molecule has 3 N–H and O–H groups in total. The van der Waals surface area contributed by atoms with Crippen LogP contribution in [0.4, 0.5) is 0 Å². The van der Waals surface area contributed by atoms with Crippen LogP contribution >= 0.6 is 12.2 Å². The minimum absolute atomic E-state index is 0.0129. The number of carbonyl (C=O) groups excluding carboxylic acids is 3. The molecule has 218 valence electrons. The zero-order valence-corrected chi connectivity index (χ0v) is 24.9. The molecule has 0 spiro atoms. The lowest BCUT2D eigenvalue weighted by Gasteiger charge is -2.30. The molecule has 0 unspecified atom stereocenters. The predicted molar refractivity (Wildman–Crippen MR) is 164 cm³/mol. The van der Waals surface area contributed by atoms with E-state index in [1.165, 1.54) is 6.92 Å². The summed E-state index contributed by atoms with van der Waals surface area (Å²) in [6.45, 7) is 8.88. The molecule has 42 heavy (non-hydrogen) atoms. The number of carbonyl (C=O) groups is 3. The molecule has 1 aliphatic rings. The van der Waals surface area contributed by atoms with Gasteiger partial charge in [-0.1, -0.05) is 18.2 Å². The van der Waals surface area contributed by atoms with Crippen molar-refractivity contribution in [2.24, 2.45) is 5.10 Å². The molecule has 4 rings (SSSR count). The van der Waals surface area contributed by atoms with Crippen molar-refractivity contribution in [3.63, 3.8) is 0 Å². The number of hydrogen-bond acceptors (Lipinski definition) is 7. The van der Waals surface area contributed by atoms with E-state index in [2.05, 4.69) is 21.2 Å². The van der Waals surface area contributed by atoms with Crippen LogP contribution in [-0.4, -0.2) is 46.8 Å². The zero-order valence-electron chi connectivity index (χ0n) is 24.1. The first-order valence-electron chi connectivity index (χ1n) is 13.4. The highest BCUT2D eigenvalue weighted by molar-refractivity contribution is 7.80. The Morgan fingerprint density at radius 3 is 2.50 bits per heavy atom. The van der Waals surface area contributed by atoms with Gasteiger partial charge in [0.25, 0.3) is 5.91 Å². The lowest BCUT2D eigenvalue weighted by Crippen LogP contribution is -2.45. The topological polar surface area (TPSA) is 123 Å². The van der Waals surface area contributed by atoms with Crippen LogP contribution in [0.2, 0.25) is 0 Å². The van der Waals surface area contributed by atoms with Crippen LogP contribution in [0, 0.1) is 13.8 Å². The molecule has 1 aromatic heterocycles. The molecular weight excluding hydrogens is 554 g/mol. The second-order valence-corrected chi connectivity index (χ2v) is 10.1. The van der Waals surface area contributed by atoms with Crippen molar-refractivity contribution in [1.29, 1.82) is 0 Å². The summed E-state index contributed by atoms with van der Waals surface area (Å²) in [6, 6.07) is 15.8. The number of allylic oxidation sites excluding steroid dienone is 1. The van der Waals surface area contributed by atoms with Crippen molar-refractivity contribution in [2.45, 2.75) is 40.7 Å². The Kier molecular flexibility index (Phi) is 9.53. The number of thiocarbonyl (C=S) groups is 1. The molecule has 0 radical (unpaired) electrons. The Morgan fingerprint density at radius 2 is 1.81 bits per heavy atom. The number of aromatic nitrogens is 1. The van der Waals surface area contributed by atoms with Crippen molar-refractivity contribution in [3.05, 3.63) is 93.9 Å². The van der Waals surface area contributed by atoms with Crippen LogP contribution in [-0.2, 0) is 14.3 Å². The van der Waals surface area contributed by atoms with Gasteiger partial charge in [0.15, 0.2) is 17.5 Å². The number of ether oxygens (including phenoxy) is 2. The number of esters is 1. The highest BCUT2D eigenvalue weighted by Gasteiger charge is 2.32. The quantitative estimate of drug-likeness (QED) is 0.106. The lowest BCUT2D eigenvalue weighted by molar-refractivity contribution is -0.139. The van der Waals surface area contributed by atoms with Crippen molar-refractivity contribution in [1.82, 2.24) is 20.6 Å². The SMILES string of the molecule is CCOC(=O)C1=C(C)NC(=S)N[C@H]1c1ccccc1OCC(=O)NN=Cc1cc(C)n(-c2ccc(C(C)=O)cc2)c1C. The average Bonchev–Trinajstić information content (AvgIpc) is 3.24. The first-order chi connectivity index (χ1) is 20.1. The fourth-order valence-corrected chi connectivity index (χ4v) is 5.04. The predicted octanol–water partition coefficient (Wildman–Crippen LogP) is 4.18. The lowest BCUT2D eigenvalue weighted by atomic mass is 9.95. The van der Waals surface area contributed by atoms with Crippen molar-refractivity contribution < 1.29 is 23.9 Å². The van der Waals surface area contributed by atoms with E-state index in [4.69, 9.17) is 21.7 Å². The van der Waals surface area contributed by atoms with E-state index in [-0.39, 0.29) is 19.0 Å². The second-order valence-electron chi connectivity index (χ2n) is 9.68. The molecule has 1 amide bonds. The van der Waals surface area contributed by atoms with Gasteiger partial charge in [0.05, 0.1) is 24.4 Å². The van der Waals surface area contributed by atoms with Crippen LogP contribution in [0.25, 0.3) is 5.69 Å². The van der Waals surface area contributed by atoms with Gasteiger partial charge in [-0.25, -0.2) is 10.2 Å². The molecule has 1 atom stereocenters. The molecule has 0 aliphatic carbocycles. The number of para-hydroxylation sites is 1. The number of ketones is 1. The third-order valence-electron chi connectivity index (χ3n) is 6.75. The monoisotopic (exact) mass is 587 g/mol. The van der Waals surface area contributed by atoms with Crippen LogP contribution in [0.15, 0.2) is 71.0 Å². The Bertz CT molecular complexity index is 1590. The van der Waals surface area contributed by atoms with Crippen LogP contribution < -0.4 is 20.8 Å². The van der Waals surface area contributed by atoms with Crippen molar-refractivity contribution >= 4 is 41.2 Å². The molecule has 0 saturated carbocycles. The summed E-state index contributed by atoms with van der Waals surface area (Å²) in [5, 5.41) is 10.5. The van der Waals surface area contributed by atoms with Gasteiger partial charge in [-0.05, 0) is 83.2 Å². The molecule has 1 aliphatic heterocycles. The maximum Gasteiger partial charge on any atom is 0.338 e. The average molecular weight is 588 g/mol. The number of Topliss-reactive ketones (excluding diaryl/α,β-unsaturated/α-hetero) is 1. The first kappa shape index (κ1) is 30.2. The highest BCUT2D eigenvalue weighted by atomic mass is 32.1. The molecule has 0 bridgehead atoms. The van der Waals surface area contributed by atoms with E-state index < -0.39 is 17.9 Å². The molecule has 11 heteroatoms. The fourth-order valence-electron chi connectivity index (χ4n) is 4.77. The van der Waals surface area contributed by atoms with Gasteiger partial charge in [0.1, 0.15) is 5.75 Å². The number of nitrogens with one attached hydrogen (secondary N) is 3. The maximum atomic E-state index is 12.7. The van der Waals surface area contributed by atoms with Gasteiger partial charge in [-0.2, -0.15) is 5.10 Å². The van der Waals surface area contributed by atoms with E-state index in [1.54, 1.807) is 50.4 Å². The Labute approximate surface area is 249 Å². The van der Waals surface area contributed by atoms with Crippen molar-refractivity contribution in [2.75, 3.05) is 13.2 Å². The summed E-state index contributed by atoms with van der Waals surface area (Å²) in [5.41, 5.74) is 8.40. The summed E-state index contributed by atoms with van der Waals surface area (Å²) in [5.74, 6) is -0.510. The molecule has 2 heterocycles. The third kappa shape index (κ3) is 6.74. The second kappa shape index (κ2) is 13.3. The molecule has 0 saturated heterocycles. The van der Waals surface area contributed by atoms with E-state index in [0.29, 0.717) is 33.3 Å². The van der Waals surface area contributed by atoms with E-state index in [9.17, 15) is 14.4 Å². The third-order valence-corrected chi connectivity index (χ3v) is 6.97. The number of aryl methyl sites for hydroxylation is 1. The summed E-state index contributed by atoms with van der Waals surface area (Å²) >= 11 is 5.32. The summed E-state index contributed by atoms with van der Waals surface area (Å²) in [7, 11) is 0. The van der Waals surface area contributed by atoms with Gasteiger partial charge >= 0.3 is 5.97 Å². The molecular formula is C31H33N5O5S. The number of rotatable bonds is 10. The van der Waals surface area contributed by atoms with E-state index in [1.807, 2.05) is 42.7 Å². The van der Waals surface area contributed by atoms with Gasteiger partial charge in [-0.3, -0.25) is 9.59 Å². The highest BCUT2D eigenvalue weighted by Crippen LogP contribution is 2.33. The van der Waals surface area contributed by atoms with Crippen molar-refractivity contribution in [3.8, 4) is 11.4 Å². The Balaban J connectivity index is 1.43. The first-order valence-corrected chi connectivity index (χ1v) is 13.8. The molecule has 10 nitrogen and oxygen atoms in total. The van der Waals surface area contributed by atoms with Gasteiger partial charge in [0, 0.05) is 39.5 Å². The number of nitrogens with zero attached hydrogens (tertiary/aromatic N) is 2. The summed E-state index contributed by atoms with van der Waals surface area (Å²) in [4.78, 5) is 37.0. The number of benzene rings is 2. The minimum atomic E-state index is -0.621. The van der Waals surface area contributed by atoms with Gasteiger partial charge < -0.3 is 24.7 Å². The zero-order chi connectivity index (χ0) is 30.4. The van der Waals surface area contributed by atoms with E-state index in [0.717, 1.165) is 22.6 Å². The number of hydrazone groups is 1. The van der Waals surface area contributed by atoms with Gasteiger partial charge in [-0.15, -0.1) is 0 Å². The summed E-state index contributed by atoms with van der Waals surface area (Å²) in [6.07, 6.45) is 1.58. The number of amides is 1. The Morgan fingerprint density at radius 1 is 1.10 bits per heavy atom. The molecule has 0 fully saturated rings. The van der Waals surface area contributed by atoms with E-state index >= 15 is 0 Å². The maximum absolute atomic E-state index is 12.7. The van der Waals surface area contributed by atoms with Crippen LogP contribution in [0.3, 0.4) is 0 Å². The Hall–Kier alpha value is -4.77. The van der Waals surface area contributed by atoms with Gasteiger partial charge in [0.2, 0.25) is 0 Å². The smallest absolute Gasteiger partial charge is 0.338 e. The standard InChI is InChI=1S/C31H33N5O5S/c1-6-40-30(39)28-19(3)33-31(42)34-29(28)25-9-7-8-10-26(25)41-17-27(38)35-32-16-23-15-18(2)36(20(23)4)24-13-11-22(12-14-24)21(5)37/h7-16,29H,6,17H2,1-5H3,(H,35,38)(H2,33,34,42)/t29-/m0/s1. The van der Waals surface area contributed by atoms with Crippen LogP contribution in [0.5, 0.6) is 5.75 Å².